The summed E-state index contributed by atoms with van der Waals surface area (Å²) >= 11 is 0. The van der Waals surface area contributed by atoms with Crippen molar-refractivity contribution in [2.24, 2.45) is 0 Å². The molecule has 0 aromatic heterocycles. The highest BCUT2D eigenvalue weighted by Gasteiger charge is 2.19. The van der Waals surface area contributed by atoms with E-state index in [4.69, 9.17) is 0 Å². The standard InChI is InChI=1S/C40H46/c1-10-15-28(6)33(12-3)36-22-23-37(40(31(36)9)35-17-14-13-16-29(35)7)32-19-21-34(30(8)25-32)38-20-18-26(4)24-39(38)27(5)11-2/h12-14,16-25,27H,3,10-11,15H2,1-2,4-9H3/b33-28+. The number of rotatable bonds is 9. The summed E-state index contributed by atoms with van der Waals surface area (Å²) in [7, 11) is 0. The summed E-state index contributed by atoms with van der Waals surface area (Å²) in [5.41, 5.74) is 18.5. The Labute approximate surface area is 243 Å². The van der Waals surface area contributed by atoms with Crippen LogP contribution < -0.4 is 0 Å². The van der Waals surface area contributed by atoms with E-state index in [0.717, 1.165) is 19.3 Å². The summed E-state index contributed by atoms with van der Waals surface area (Å²) in [5.74, 6) is 0.528. The van der Waals surface area contributed by atoms with Crippen molar-refractivity contribution < 1.29 is 0 Å². The van der Waals surface area contributed by atoms with Gasteiger partial charge in [0.05, 0.1) is 0 Å². The van der Waals surface area contributed by atoms with Crippen molar-refractivity contribution in [2.45, 2.75) is 80.6 Å². The van der Waals surface area contributed by atoms with E-state index in [9.17, 15) is 0 Å². The Balaban J connectivity index is 1.94. The van der Waals surface area contributed by atoms with Crippen molar-refractivity contribution in [1.29, 1.82) is 0 Å². The average Bonchev–Trinajstić information content (AvgIpc) is 2.94. The topological polar surface area (TPSA) is 0 Å². The van der Waals surface area contributed by atoms with Gasteiger partial charge in [-0.2, -0.15) is 0 Å². The lowest BCUT2D eigenvalue weighted by Gasteiger charge is -2.22. The van der Waals surface area contributed by atoms with Crippen LogP contribution in [-0.4, -0.2) is 0 Å². The molecule has 1 atom stereocenters. The molecule has 0 aliphatic carbocycles. The van der Waals surface area contributed by atoms with E-state index in [1.165, 1.54) is 77.9 Å². The Kier molecular flexibility index (Phi) is 9.31. The molecule has 4 aromatic rings. The predicted molar refractivity (Wildman–Crippen MR) is 178 cm³/mol. The van der Waals surface area contributed by atoms with Crippen LogP contribution in [0.2, 0.25) is 0 Å². The van der Waals surface area contributed by atoms with Crippen molar-refractivity contribution in [3.05, 3.63) is 124 Å². The van der Waals surface area contributed by atoms with Crippen LogP contribution in [0.4, 0.5) is 0 Å². The highest BCUT2D eigenvalue weighted by Crippen LogP contribution is 2.42. The minimum Gasteiger partial charge on any atom is -0.0984 e. The molecule has 4 rings (SSSR count). The molecule has 0 aliphatic rings. The third-order valence-corrected chi connectivity index (χ3v) is 8.64. The zero-order chi connectivity index (χ0) is 29.0. The van der Waals surface area contributed by atoms with Gasteiger partial charge < -0.3 is 0 Å². The molecule has 40 heavy (non-hydrogen) atoms. The minimum atomic E-state index is 0.528. The summed E-state index contributed by atoms with van der Waals surface area (Å²) in [6.45, 7) is 22.3. The van der Waals surface area contributed by atoms with Crippen molar-refractivity contribution in [3.8, 4) is 33.4 Å². The second kappa shape index (κ2) is 12.7. The highest BCUT2D eigenvalue weighted by molar-refractivity contribution is 5.92. The van der Waals surface area contributed by atoms with E-state index in [1.54, 1.807) is 0 Å². The van der Waals surface area contributed by atoms with Crippen molar-refractivity contribution in [3.63, 3.8) is 0 Å². The van der Waals surface area contributed by atoms with Crippen LogP contribution in [-0.2, 0) is 0 Å². The monoisotopic (exact) mass is 526 g/mol. The van der Waals surface area contributed by atoms with Crippen LogP contribution in [0.3, 0.4) is 0 Å². The van der Waals surface area contributed by atoms with Gasteiger partial charge in [0, 0.05) is 0 Å². The molecule has 0 heterocycles. The van der Waals surface area contributed by atoms with Crippen LogP contribution in [0.1, 0.15) is 86.3 Å². The van der Waals surface area contributed by atoms with E-state index in [2.05, 4.69) is 135 Å². The van der Waals surface area contributed by atoms with Gasteiger partial charge in [-0.05, 0) is 120 Å². The Bertz CT molecular complexity index is 1560. The van der Waals surface area contributed by atoms with Crippen LogP contribution in [0.25, 0.3) is 39.0 Å². The quantitative estimate of drug-likeness (QED) is 0.190. The lowest BCUT2D eigenvalue weighted by Crippen LogP contribution is -1.99. The van der Waals surface area contributed by atoms with Gasteiger partial charge in [-0.15, -0.1) is 0 Å². The lowest BCUT2D eigenvalue weighted by atomic mass is 9.82. The van der Waals surface area contributed by atoms with Gasteiger partial charge in [0.15, 0.2) is 0 Å². The summed E-state index contributed by atoms with van der Waals surface area (Å²) in [4.78, 5) is 0. The first-order valence-electron chi connectivity index (χ1n) is 15.0. The molecule has 4 aromatic carbocycles. The molecule has 0 radical (unpaired) electrons. The van der Waals surface area contributed by atoms with Gasteiger partial charge in [-0.25, -0.2) is 0 Å². The maximum Gasteiger partial charge on any atom is -0.00673 e. The molecule has 0 saturated heterocycles. The highest BCUT2D eigenvalue weighted by atomic mass is 14.2. The van der Waals surface area contributed by atoms with E-state index in [-0.39, 0.29) is 0 Å². The summed E-state index contributed by atoms with van der Waals surface area (Å²) in [5, 5.41) is 0. The van der Waals surface area contributed by atoms with Gasteiger partial charge in [0.1, 0.15) is 0 Å². The number of allylic oxidation sites excluding steroid dienone is 3. The van der Waals surface area contributed by atoms with Gasteiger partial charge in [0.2, 0.25) is 0 Å². The Morgan fingerprint density at radius 2 is 1.48 bits per heavy atom. The average molecular weight is 527 g/mol. The maximum absolute atomic E-state index is 4.21. The molecule has 0 N–H and O–H groups in total. The van der Waals surface area contributed by atoms with Gasteiger partial charge in [0.25, 0.3) is 0 Å². The first-order chi connectivity index (χ1) is 19.2. The zero-order valence-electron chi connectivity index (χ0n) is 25.9. The molecule has 0 nitrogen and oxygen atoms in total. The van der Waals surface area contributed by atoms with Crippen molar-refractivity contribution in [1.82, 2.24) is 0 Å². The first kappa shape index (κ1) is 29.3. The summed E-state index contributed by atoms with van der Waals surface area (Å²) in [6.07, 6.45) is 5.40. The molecule has 1 unspecified atom stereocenters. The Morgan fingerprint density at radius 3 is 2.12 bits per heavy atom. The van der Waals surface area contributed by atoms with Crippen LogP contribution in [0.5, 0.6) is 0 Å². The van der Waals surface area contributed by atoms with Crippen LogP contribution in [0.15, 0.2) is 91.0 Å². The van der Waals surface area contributed by atoms with Crippen molar-refractivity contribution in [2.75, 3.05) is 0 Å². The normalized spacial score (nSPS) is 12.7. The molecule has 206 valence electrons. The van der Waals surface area contributed by atoms with E-state index >= 15 is 0 Å². The maximum atomic E-state index is 4.21. The molecule has 0 bridgehead atoms. The molecule has 0 spiro atoms. The number of hydrogen-bond acceptors (Lipinski definition) is 0. The smallest absolute Gasteiger partial charge is 0.00673 e. The molecular weight excluding hydrogens is 480 g/mol. The number of hydrogen-bond donors (Lipinski definition) is 0. The molecule has 0 fully saturated rings. The van der Waals surface area contributed by atoms with Crippen LogP contribution >= 0.6 is 0 Å². The largest absolute Gasteiger partial charge is 0.0984 e. The molecule has 0 saturated carbocycles. The number of aryl methyl sites for hydroxylation is 3. The minimum absolute atomic E-state index is 0.528. The fourth-order valence-corrected chi connectivity index (χ4v) is 6.16. The van der Waals surface area contributed by atoms with Crippen molar-refractivity contribution >= 4 is 5.57 Å². The van der Waals surface area contributed by atoms with E-state index in [0.29, 0.717) is 5.92 Å². The fourth-order valence-electron chi connectivity index (χ4n) is 6.16. The van der Waals surface area contributed by atoms with Crippen LogP contribution in [0, 0.1) is 27.7 Å². The van der Waals surface area contributed by atoms with Gasteiger partial charge in [-0.3, -0.25) is 0 Å². The third kappa shape index (κ3) is 5.78. The second-order valence-corrected chi connectivity index (χ2v) is 11.6. The van der Waals surface area contributed by atoms with E-state index < -0.39 is 0 Å². The summed E-state index contributed by atoms with van der Waals surface area (Å²) < 4.78 is 0. The Morgan fingerprint density at radius 1 is 0.775 bits per heavy atom. The lowest BCUT2D eigenvalue weighted by molar-refractivity contribution is 0.734. The molecule has 0 heteroatoms. The zero-order valence-corrected chi connectivity index (χ0v) is 25.9. The SMILES string of the molecule is C=C/C(=C(/C)CCC)c1ccc(-c2ccc(-c3ccc(C)cc3C(C)CC)c(C)c2)c(-c2ccccc2C)c1C. The van der Waals surface area contributed by atoms with Gasteiger partial charge in [-0.1, -0.05) is 124 Å². The molecule has 0 amide bonds. The van der Waals surface area contributed by atoms with Gasteiger partial charge >= 0.3 is 0 Å². The second-order valence-electron chi connectivity index (χ2n) is 11.6. The molecular formula is C40H46. The first-order valence-corrected chi connectivity index (χ1v) is 15.0. The molecule has 0 aliphatic heterocycles. The fraction of sp³-hybridized carbons (Fsp3) is 0.300. The third-order valence-electron chi connectivity index (χ3n) is 8.64. The van der Waals surface area contributed by atoms with E-state index in [1.807, 2.05) is 6.08 Å². The Hall–Kier alpha value is -3.64. The summed E-state index contributed by atoms with van der Waals surface area (Å²) in [6, 6.07) is 27.4. The predicted octanol–water partition coefficient (Wildman–Crippen LogP) is 12.2. The number of benzene rings is 4.